The first-order valence-corrected chi connectivity index (χ1v) is 10.0. The van der Waals surface area contributed by atoms with Crippen LogP contribution in [0.4, 0.5) is 10.1 Å². The van der Waals surface area contributed by atoms with Crippen molar-refractivity contribution in [3.05, 3.63) is 53.8 Å². The van der Waals surface area contributed by atoms with Gasteiger partial charge in [0.2, 0.25) is 9.84 Å². The van der Waals surface area contributed by atoms with E-state index in [0.29, 0.717) is 12.0 Å². The lowest BCUT2D eigenvalue weighted by Gasteiger charge is -2.24. The minimum atomic E-state index is -3.64. The lowest BCUT2D eigenvalue weighted by atomic mass is 9.91. The van der Waals surface area contributed by atoms with E-state index in [0.717, 1.165) is 37.2 Å². The van der Waals surface area contributed by atoms with Gasteiger partial charge in [0.1, 0.15) is 5.82 Å². The fourth-order valence-electron chi connectivity index (χ4n) is 4.10. The number of rotatable bonds is 2. The molecule has 4 nitrogen and oxygen atoms in total. The lowest BCUT2D eigenvalue weighted by molar-refractivity contribution is 0.531. The van der Waals surface area contributed by atoms with Gasteiger partial charge >= 0.3 is 0 Å². The van der Waals surface area contributed by atoms with Gasteiger partial charge in [-0.2, -0.15) is 0 Å². The molecule has 0 bridgehead atoms. The smallest absolute Gasteiger partial charge is 0.206 e. The van der Waals surface area contributed by atoms with Crippen LogP contribution in [0.1, 0.15) is 24.3 Å². The number of likely N-dealkylation sites (N-methyl/N-ethyl adjacent to an activating group) is 1. The van der Waals surface area contributed by atoms with E-state index in [9.17, 15) is 12.8 Å². The standard InChI is InChI=1S/C19H21FN2O2S/c1-22-18-7-6-15(25(23,24)14-4-2-13(20)3-5-14)12-17(18)16-8-10-21-11-9-19(16)22/h2-7,12,16,19,21H,8-11H2,1H3/t16-,19-/m0/s1. The summed E-state index contributed by atoms with van der Waals surface area (Å²) in [6.45, 7) is 1.93. The fraction of sp³-hybridized carbons (Fsp3) is 0.368. The molecule has 6 heteroatoms. The van der Waals surface area contributed by atoms with Gasteiger partial charge in [-0.05, 0) is 74.0 Å². The van der Waals surface area contributed by atoms with Crippen molar-refractivity contribution in [1.29, 1.82) is 0 Å². The van der Waals surface area contributed by atoms with Crippen LogP contribution in [0.25, 0.3) is 0 Å². The molecule has 1 saturated heterocycles. The van der Waals surface area contributed by atoms with Gasteiger partial charge in [0.15, 0.2) is 0 Å². The van der Waals surface area contributed by atoms with Crippen LogP contribution >= 0.6 is 0 Å². The SMILES string of the molecule is CN1c2ccc(S(=O)(=O)c3ccc(F)cc3)cc2[C@@H]2CCNCC[C@@H]21. The van der Waals surface area contributed by atoms with Crippen LogP contribution in [-0.4, -0.2) is 34.6 Å². The minimum absolute atomic E-state index is 0.124. The molecule has 0 radical (unpaired) electrons. The normalized spacial score (nSPS) is 23.0. The number of fused-ring (bicyclic) bond motifs is 3. The van der Waals surface area contributed by atoms with Gasteiger partial charge in [-0.15, -0.1) is 0 Å². The molecule has 2 aromatic carbocycles. The third-order valence-corrected chi connectivity index (χ3v) is 7.19. The van der Waals surface area contributed by atoms with Gasteiger partial charge in [-0.25, -0.2) is 12.8 Å². The van der Waals surface area contributed by atoms with E-state index in [1.54, 1.807) is 6.07 Å². The van der Waals surface area contributed by atoms with E-state index in [1.807, 2.05) is 12.1 Å². The fourth-order valence-corrected chi connectivity index (χ4v) is 5.39. The van der Waals surface area contributed by atoms with Crippen LogP contribution in [0, 0.1) is 5.82 Å². The molecule has 0 amide bonds. The van der Waals surface area contributed by atoms with Crippen LogP contribution in [0.15, 0.2) is 52.3 Å². The summed E-state index contributed by atoms with van der Waals surface area (Å²) in [6.07, 6.45) is 2.05. The third kappa shape index (κ3) is 2.73. The Bertz CT molecular complexity index is 896. The minimum Gasteiger partial charge on any atom is -0.371 e. The lowest BCUT2D eigenvalue weighted by Crippen LogP contribution is -2.30. The van der Waals surface area contributed by atoms with Crippen molar-refractivity contribution < 1.29 is 12.8 Å². The highest BCUT2D eigenvalue weighted by Crippen LogP contribution is 2.44. The van der Waals surface area contributed by atoms with Crippen molar-refractivity contribution in [2.45, 2.75) is 34.6 Å². The van der Waals surface area contributed by atoms with Crippen LogP contribution in [0.2, 0.25) is 0 Å². The molecular weight excluding hydrogens is 339 g/mol. The number of sulfone groups is 1. The average molecular weight is 360 g/mol. The Kier molecular flexibility index (Phi) is 4.04. The molecule has 0 aromatic heterocycles. The second-order valence-electron chi connectivity index (χ2n) is 6.79. The molecule has 1 fully saturated rings. The van der Waals surface area contributed by atoms with Crippen molar-refractivity contribution >= 4 is 15.5 Å². The van der Waals surface area contributed by atoms with E-state index < -0.39 is 15.7 Å². The monoisotopic (exact) mass is 360 g/mol. The topological polar surface area (TPSA) is 49.4 Å². The molecule has 132 valence electrons. The highest BCUT2D eigenvalue weighted by atomic mass is 32.2. The summed E-state index contributed by atoms with van der Waals surface area (Å²) in [4.78, 5) is 2.68. The molecule has 2 aliphatic rings. The molecule has 1 N–H and O–H groups in total. The maximum atomic E-state index is 13.1. The second-order valence-corrected chi connectivity index (χ2v) is 8.74. The maximum Gasteiger partial charge on any atom is 0.206 e. The molecule has 2 aliphatic heterocycles. The molecular formula is C19H21FN2O2S. The largest absolute Gasteiger partial charge is 0.371 e. The maximum absolute atomic E-state index is 13.1. The first kappa shape index (κ1) is 16.5. The zero-order chi connectivity index (χ0) is 17.6. The Morgan fingerprint density at radius 2 is 1.72 bits per heavy atom. The number of hydrogen-bond acceptors (Lipinski definition) is 4. The van der Waals surface area contributed by atoms with Crippen LogP contribution in [-0.2, 0) is 9.84 Å². The highest BCUT2D eigenvalue weighted by molar-refractivity contribution is 7.91. The van der Waals surface area contributed by atoms with Gasteiger partial charge in [-0.3, -0.25) is 0 Å². The molecule has 2 atom stereocenters. The molecule has 25 heavy (non-hydrogen) atoms. The van der Waals surface area contributed by atoms with E-state index >= 15 is 0 Å². The number of nitrogens with zero attached hydrogens (tertiary/aromatic N) is 1. The van der Waals surface area contributed by atoms with Gasteiger partial charge < -0.3 is 10.2 Å². The van der Waals surface area contributed by atoms with Crippen LogP contribution < -0.4 is 10.2 Å². The molecule has 4 rings (SSSR count). The third-order valence-electron chi connectivity index (χ3n) is 5.42. The first-order chi connectivity index (χ1) is 12.0. The zero-order valence-corrected chi connectivity index (χ0v) is 14.9. The Balaban J connectivity index is 1.77. The van der Waals surface area contributed by atoms with E-state index in [1.165, 1.54) is 24.3 Å². The highest BCUT2D eigenvalue weighted by Gasteiger charge is 2.37. The van der Waals surface area contributed by atoms with Gasteiger partial charge in [0, 0.05) is 24.7 Å². The van der Waals surface area contributed by atoms with Crippen LogP contribution in [0.3, 0.4) is 0 Å². The van der Waals surface area contributed by atoms with Crippen molar-refractivity contribution in [2.24, 2.45) is 0 Å². The average Bonchev–Trinajstić information content (AvgIpc) is 2.78. The van der Waals surface area contributed by atoms with E-state index in [2.05, 4.69) is 17.3 Å². The number of nitrogens with one attached hydrogen (secondary N) is 1. The molecule has 2 aromatic rings. The van der Waals surface area contributed by atoms with Gasteiger partial charge in [0.05, 0.1) is 9.79 Å². The summed E-state index contributed by atoms with van der Waals surface area (Å²) >= 11 is 0. The molecule has 2 heterocycles. The number of anilines is 1. The van der Waals surface area contributed by atoms with Crippen molar-refractivity contribution in [3.63, 3.8) is 0 Å². The summed E-state index contributed by atoms with van der Waals surface area (Å²) in [6, 6.07) is 10.8. The summed E-state index contributed by atoms with van der Waals surface area (Å²) < 4.78 is 38.9. The van der Waals surface area contributed by atoms with Crippen molar-refractivity contribution in [2.75, 3.05) is 25.0 Å². The summed E-state index contributed by atoms with van der Waals surface area (Å²) in [7, 11) is -1.56. The molecule has 0 saturated carbocycles. The molecule has 0 unspecified atom stereocenters. The van der Waals surface area contributed by atoms with Crippen molar-refractivity contribution in [1.82, 2.24) is 5.32 Å². The van der Waals surface area contributed by atoms with E-state index in [4.69, 9.17) is 0 Å². The second kappa shape index (κ2) is 6.11. The Morgan fingerprint density at radius 1 is 1.04 bits per heavy atom. The van der Waals surface area contributed by atoms with Gasteiger partial charge in [0.25, 0.3) is 0 Å². The summed E-state index contributed by atoms with van der Waals surface area (Å²) in [5.41, 5.74) is 2.23. The number of hydrogen-bond donors (Lipinski definition) is 1. The predicted molar refractivity (Wildman–Crippen MR) is 95.3 cm³/mol. The Hall–Kier alpha value is -1.92. The first-order valence-electron chi connectivity index (χ1n) is 8.56. The summed E-state index contributed by atoms with van der Waals surface area (Å²) in [5, 5.41) is 3.42. The van der Waals surface area contributed by atoms with Crippen LogP contribution in [0.5, 0.6) is 0 Å². The summed E-state index contributed by atoms with van der Waals surface area (Å²) in [5.74, 6) is -0.0957. The van der Waals surface area contributed by atoms with Gasteiger partial charge in [-0.1, -0.05) is 0 Å². The molecule has 0 spiro atoms. The quantitative estimate of drug-likeness (QED) is 0.837. The number of benzene rings is 2. The predicted octanol–water partition coefficient (Wildman–Crippen LogP) is 2.94. The molecule has 0 aliphatic carbocycles. The van der Waals surface area contributed by atoms with Crippen molar-refractivity contribution in [3.8, 4) is 0 Å². The number of halogens is 1. The Labute approximate surface area is 147 Å². The van der Waals surface area contributed by atoms with E-state index in [-0.39, 0.29) is 9.79 Å². The Morgan fingerprint density at radius 3 is 2.48 bits per heavy atom. The zero-order valence-electron chi connectivity index (χ0n) is 14.1.